The van der Waals surface area contributed by atoms with E-state index in [1.165, 1.54) is 24.8 Å². The van der Waals surface area contributed by atoms with Crippen molar-refractivity contribution in [2.75, 3.05) is 0 Å². The van der Waals surface area contributed by atoms with Crippen LogP contribution in [0.2, 0.25) is 39.3 Å². The van der Waals surface area contributed by atoms with Crippen molar-refractivity contribution in [2.45, 2.75) is 65.5 Å². The van der Waals surface area contributed by atoms with Crippen LogP contribution in [0.1, 0.15) is 31.7 Å². The number of hydrogen-bond acceptors (Lipinski definition) is 0. The molecule has 0 bridgehead atoms. The fraction of sp³-hybridized carbons (Fsp3) is 0.500. The van der Waals surface area contributed by atoms with Gasteiger partial charge in [-0.15, -0.1) is 0 Å². The van der Waals surface area contributed by atoms with E-state index in [2.05, 4.69) is 122 Å². The Morgan fingerprint density at radius 3 is 1.75 bits per heavy atom. The average molecular weight is 582 g/mol. The lowest BCUT2D eigenvalue weighted by Gasteiger charge is -2.27. The molecule has 0 amide bonds. The molecular weight excluding hydrogens is 550 g/mol. The van der Waals surface area contributed by atoms with E-state index in [0.29, 0.717) is 0 Å². The zero-order valence-corrected chi connectivity index (χ0v) is 22.6. The van der Waals surface area contributed by atoms with Crippen LogP contribution in [0.3, 0.4) is 0 Å². The maximum atomic E-state index is 2.67. The smallest absolute Gasteiger partial charge is 0.0654 e. The van der Waals surface area contributed by atoms with Crippen molar-refractivity contribution in [3.63, 3.8) is 0 Å². The highest BCUT2D eigenvalue weighted by Gasteiger charge is 2.28. The number of rotatable bonds is 7. The van der Waals surface area contributed by atoms with E-state index in [-0.39, 0.29) is 0 Å². The Hall–Kier alpha value is 0.594. The lowest BCUT2D eigenvalue weighted by atomic mass is 9.97. The van der Waals surface area contributed by atoms with Crippen LogP contribution in [0.25, 0.3) is 5.57 Å². The summed E-state index contributed by atoms with van der Waals surface area (Å²) in [6, 6.07) is 11.1. The summed E-state index contributed by atoms with van der Waals surface area (Å²) < 4.78 is 3.27. The molecule has 0 N–H and O–H groups in total. The lowest BCUT2D eigenvalue weighted by Crippen LogP contribution is -2.25. The first-order valence-corrected chi connectivity index (χ1v) is 18.0. The molecule has 0 unspecified atom stereocenters. The van der Waals surface area contributed by atoms with Crippen LogP contribution in [0.4, 0.5) is 0 Å². The normalized spacial score (nSPS) is 15.0. The molecule has 0 aliphatic carbocycles. The predicted molar refractivity (Wildman–Crippen MR) is 135 cm³/mol. The van der Waals surface area contributed by atoms with Crippen LogP contribution < -0.4 is 0 Å². The lowest BCUT2D eigenvalue weighted by molar-refractivity contribution is 0.800. The number of hydrogen-bond donors (Lipinski definition) is 0. The summed E-state index contributed by atoms with van der Waals surface area (Å²) in [7, 11) is -2.70. The largest absolute Gasteiger partial charge is 0.0862 e. The van der Waals surface area contributed by atoms with Gasteiger partial charge in [0.1, 0.15) is 0 Å². The standard InChI is InChI=1S/C20H32I2Si2/c1-8-9-15-17(19(21)23(2,3)4)18(20(22)24(5,6)7)16-13-11-10-12-14-16/h10-14H,8-9,15H2,1-7H3/b19-17+,20-18+. The quantitative estimate of drug-likeness (QED) is 0.172. The van der Waals surface area contributed by atoms with Crippen LogP contribution in [0.5, 0.6) is 0 Å². The van der Waals surface area contributed by atoms with Gasteiger partial charge in [0.2, 0.25) is 0 Å². The Morgan fingerprint density at radius 2 is 1.33 bits per heavy atom. The molecule has 0 aliphatic rings. The SMILES string of the molecule is CCCCC(/C(=C(\I)[Si](C)(C)C)c1ccccc1)=C(/I)[Si](C)(C)C. The average Bonchev–Trinajstić information content (AvgIpc) is 2.49. The Morgan fingerprint density at radius 1 is 0.833 bits per heavy atom. The van der Waals surface area contributed by atoms with Gasteiger partial charge in [-0.2, -0.15) is 0 Å². The van der Waals surface area contributed by atoms with Crippen molar-refractivity contribution in [3.8, 4) is 0 Å². The molecule has 1 rings (SSSR count). The summed E-state index contributed by atoms with van der Waals surface area (Å²) in [5, 5.41) is 0. The molecule has 4 heteroatoms. The number of halogens is 2. The van der Waals surface area contributed by atoms with Crippen LogP contribution in [0, 0.1) is 0 Å². The molecule has 0 nitrogen and oxygen atoms in total. The van der Waals surface area contributed by atoms with Gasteiger partial charge in [0.15, 0.2) is 0 Å². The molecule has 0 atom stereocenters. The van der Waals surface area contributed by atoms with Crippen molar-refractivity contribution in [1.29, 1.82) is 0 Å². The van der Waals surface area contributed by atoms with Gasteiger partial charge in [-0.05, 0) is 36.0 Å². The van der Waals surface area contributed by atoms with Gasteiger partial charge in [0.25, 0.3) is 0 Å². The maximum Gasteiger partial charge on any atom is 0.0862 e. The van der Waals surface area contributed by atoms with Crippen molar-refractivity contribution < 1.29 is 0 Å². The van der Waals surface area contributed by atoms with Gasteiger partial charge < -0.3 is 0 Å². The molecule has 0 saturated carbocycles. The van der Waals surface area contributed by atoms with Crippen molar-refractivity contribution >= 4 is 66.9 Å². The number of unbranched alkanes of at least 4 members (excludes halogenated alkanes) is 1. The summed E-state index contributed by atoms with van der Waals surface area (Å²) in [5.41, 5.74) is 4.59. The third kappa shape index (κ3) is 6.39. The highest BCUT2D eigenvalue weighted by atomic mass is 127. The van der Waals surface area contributed by atoms with Crippen LogP contribution >= 0.6 is 45.2 Å². The van der Waals surface area contributed by atoms with E-state index in [9.17, 15) is 0 Å². The molecule has 1 aromatic carbocycles. The summed E-state index contributed by atoms with van der Waals surface area (Å²) >= 11 is 5.33. The van der Waals surface area contributed by atoms with Gasteiger partial charge in [-0.25, -0.2) is 0 Å². The highest BCUT2D eigenvalue weighted by molar-refractivity contribution is 14.1. The van der Waals surface area contributed by atoms with E-state index >= 15 is 0 Å². The van der Waals surface area contributed by atoms with Gasteiger partial charge in [0, 0.05) is 0 Å². The Balaban J connectivity index is 3.72. The van der Waals surface area contributed by atoms with Gasteiger partial charge in [-0.3, -0.25) is 0 Å². The minimum atomic E-state index is -1.37. The number of benzene rings is 1. The van der Waals surface area contributed by atoms with Gasteiger partial charge >= 0.3 is 0 Å². The fourth-order valence-corrected chi connectivity index (χ4v) is 5.94. The minimum absolute atomic E-state index is 1.21. The summed E-state index contributed by atoms with van der Waals surface area (Å²) in [5.74, 6) is 0. The molecule has 0 aromatic heterocycles. The molecule has 24 heavy (non-hydrogen) atoms. The highest BCUT2D eigenvalue weighted by Crippen LogP contribution is 2.42. The molecule has 0 aliphatic heterocycles. The predicted octanol–water partition coefficient (Wildman–Crippen LogP) is 8.47. The van der Waals surface area contributed by atoms with Gasteiger partial charge in [0.05, 0.1) is 16.1 Å². The van der Waals surface area contributed by atoms with Gasteiger partial charge in [-0.1, -0.05) is 128 Å². The monoisotopic (exact) mass is 582 g/mol. The van der Waals surface area contributed by atoms with Crippen molar-refractivity contribution in [1.82, 2.24) is 0 Å². The molecule has 134 valence electrons. The second kappa shape index (κ2) is 9.51. The van der Waals surface area contributed by atoms with Crippen LogP contribution in [-0.2, 0) is 0 Å². The van der Waals surface area contributed by atoms with Crippen LogP contribution in [-0.4, -0.2) is 16.1 Å². The first kappa shape index (κ1) is 22.6. The molecular formula is C20H32I2Si2. The summed E-state index contributed by atoms with van der Waals surface area (Å²) in [6.07, 6.45) is 3.74. The fourth-order valence-electron chi connectivity index (χ4n) is 2.56. The molecule has 0 fully saturated rings. The summed E-state index contributed by atoms with van der Waals surface area (Å²) in [4.78, 5) is 0. The Labute approximate surface area is 178 Å². The van der Waals surface area contributed by atoms with Crippen LogP contribution in [0.15, 0.2) is 42.3 Å². The van der Waals surface area contributed by atoms with E-state index in [4.69, 9.17) is 0 Å². The third-order valence-corrected chi connectivity index (χ3v) is 18.0. The first-order chi connectivity index (χ1) is 11.0. The Bertz CT molecular complexity index is 603. The molecule has 0 saturated heterocycles. The molecule has 1 aromatic rings. The topological polar surface area (TPSA) is 0 Å². The minimum Gasteiger partial charge on any atom is -0.0654 e. The Kier molecular flexibility index (Phi) is 8.97. The number of allylic oxidation sites excluding steroid dienone is 2. The van der Waals surface area contributed by atoms with E-state index in [0.717, 1.165) is 0 Å². The second-order valence-electron chi connectivity index (χ2n) is 8.45. The molecule has 0 radical (unpaired) electrons. The zero-order valence-electron chi connectivity index (χ0n) is 16.3. The van der Waals surface area contributed by atoms with E-state index < -0.39 is 16.1 Å². The van der Waals surface area contributed by atoms with Crippen molar-refractivity contribution in [2.24, 2.45) is 0 Å². The molecule has 0 heterocycles. The summed E-state index contributed by atoms with van der Waals surface area (Å²) in [6.45, 7) is 17.1. The van der Waals surface area contributed by atoms with E-state index in [1.807, 2.05) is 0 Å². The third-order valence-electron chi connectivity index (χ3n) is 3.95. The van der Waals surface area contributed by atoms with E-state index in [1.54, 1.807) is 17.6 Å². The maximum absolute atomic E-state index is 2.67. The van der Waals surface area contributed by atoms with Crippen molar-refractivity contribution in [3.05, 3.63) is 47.9 Å². The molecule has 0 spiro atoms. The first-order valence-electron chi connectivity index (χ1n) is 8.85. The second-order valence-corrected chi connectivity index (χ2v) is 22.6. The zero-order chi connectivity index (χ0) is 18.5.